The fourth-order valence-corrected chi connectivity index (χ4v) is 3.29. The van der Waals surface area contributed by atoms with Crippen LogP contribution in [-0.2, 0) is 0 Å². The monoisotopic (exact) mass is 406 g/mol. The van der Waals surface area contributed by atoms with Crippen LogP contribution in [0.4, 0.5) is 0 Å². The summed E-state index contributed by atoms with van der Waals surface area (Å²) in [5, 5.41) is 0.801. The van der Waals surface area contributed by atoms with Gasteiger partial charge >= 0.3 is 5.69 Å². The summed E-state index contributed by atoms with van der Waals surface area (Å²) in [5.41, 5.74) is 1.45. The Morgan fingerprint density at radius 1 is 1.25 bits per heavy atom. The van der Waals surface area contributed by atoms with Crippen LogP contribution in [-0.4, -0.2) is 9.55 Å². The van der Waals surface area contributed by atoms with Crippen LogP contribution in [0, 0.1) is 0 Å². The zero-order valence-corrected chi connectivity index (χ0v) is 15.6. The van der Waals surface area contributed by atoms with Crippen LogP contribution < -0.4 is 11.2 Å². The Hall–Kier alpha value is -1.85. The molecule has 6 heteroatoms. The van der Waals surface area contributed by atoms with E-state index in [9.17, 15) is 9.59 Å². The topological polar surface area (TPSA) is 54.9 Å². The van der Waals surface area contributed by atoms with Crippen molar-refractivity contribution in [2.75, 3.05) is 0 Å². The largest absolute Gasteiger partial charge is 0.333 e. The predicted octanol–water partition coefficient (Wildman–Crippen LogP) is 4.61. The molecule has 0 bridgehead atoms. The third kappa shape index (κ3) is 2.82. The molecular weight excluding hydrogens is 392 g/mol. The molecule has 0 saturated carbocycles. The molecule has 0 radical (unpaired) electrons. The number of nitrogens with one attached hydrogen (secondary N) is 1. The number of aromatic nitrogens is 2. The van der Waals surface area contributed by atoms with Gasteiger partial charge in [0.25, 0.3) is 5.56 Å². The number of nitrogens with zero attached hydrogens (tertiary/aromatic N) is 1. The minimum absolute atomic E-state index is 0.283. The second-order valence-corrected chi connectivity index (χ2v) is 7.01. The molecule has 0 amide bonds. The van der Waals surface area contributed by atoms with Gasteiger partial charge in [-0.15, -0.1) is 0 Å². The molecule has 1 unspecified atom stereocenters. The smallest absolute Gasteiger partial charge is 0.273 e. The molecule has 1 atom stereocenters. The lowest BCUT2D eigenvalue weighted by atomic mass is 9.96. The normalized spacial score (nSPS) is 12.5. The average Bonchev–Trinajstić information content (AvgIpc) is 2.56. The van der Waals surface area contributed by atoms with E-state index < -0.39 is 11.2 Å². The highest BCUT2D eigenvalue weighted by Crippen LogP contribution is 2.30. The maximum atomic E-state index is 12.6. The van der Waals surface area contributed by atoms with Crippen molar-refractivity contribution in [3.63, 3.8) is 0 Å². The highest BCUT2D eigenvalue weighted by molar-refractivity contribution is 9.10. The van der Waals surface area contributed by atoms with Crippen molar-refractivity contribution < 1.29 is 0 Å². The molecule has 0 aliphatic carbocycles. The number of fused-ring (bicyclic) bond motifs is 1. The maximum absolute atomic E-state index is 12.6. The second-order valence-electron chi connectivity index (χ2n) is 5.75. The number of halogens is 2. The van der Waals surface area contributed by atoms with Crippen LogP contribution in [0.3, 0.4) is 0 Å². The molecule has 124 valence electrons. The first-order valence-electron chi connectivity index (χ1n) is 7.67. The van der Waals surface area contributed by atoms with Crippen molar-refractivity contribution in [1.82, 2.24) is 9.55 Å². The van der Waals surface area contributed by atoms with Gasteiger partial charge in [-0.05, 0) is 52.0 Å². The Kier molecular flexibility index (Phi) is 4.65. The molecule has 3 aromatic rings. The minimum atomic E-state index is -0.461. The van der Waals surface area contributed by atoms with Gasteiger partial charge in [-0.2, -0.15) is 0 Å². The fraction of sp³-hybridized carbons (Fsp3) is 0.222. The van der Waals surface area contributed by atoms with Gasteiger partial charge < -0.3 is 0 Å². The van der Waals surface area contributed by atoms with E-state index in [0.29, 0.717) is 20.4 Å². The molecule has 1 aromatic heterocycles. The highest BCUT2D eigenvalue weighted by Gasteiger charge is 2.16. The van der Waals surface area contributed by atoms with E-state index in [1.165, 1.54) is 0 Å². The van der Waals surface area contributed by atoms with Gasteiger partial charge in [0.15, 0.2) is 0 Å². The summed E-state index contributed by atoms with van der Waals surface area (Å²) in [5.74, 6) is 0.283. The number of benzene rings is 2. The predicted molar refractivity (Wildman–Crippen MR) is 102 cm³/mol. The molecular formula is C18H16BrClN2O2. The lowest BCUT2D eigenvalue weighted by molar-refractivity contribution is 0.724. The summed E-state index contributed by atoms with van der Waals surface area (Å²) in [6.07, 6.45) is 0.947. The van der Waals surface area contributed by atoms with Crippen LogP contribution in [0.1, 0.15) is 31.7 Å². The summed E-state index contributed by atoms with van der Waals surface area (Å²) >= 11 is 9.49. The Bertz CT molecular complexity index is 1040. The standard InChI is InChI=1S/C18H16BrClN2O2/c1-3-10(2)11-6-4-5-7-15(11)22-16-9-13(19)14(20)8-12(16)17(23)21-18(22)24/h4-10H,3H2,1-2H3,(H,21,23,24). The number of aromatic amines is 1. The van der Waals surface area contributed by atoms with E-state index in [0.717, 1.165) is 17.7 Å². The summed E-state index contributed by atoms with van der Waals surface area (Å²) in [6.45, 7) is 4.22. The quantitative estimate of drug-likeness (QED) is 0.689. The third-order valence-electron chi connectivity index (χ3n) is 4.27. The van der Waals surface area contributed by atoms with Crippen molar-refractivity contribution in [2.24, 2.45) is 0 Å². The van der Waals surface area contributed by atoms with Crippen LogP contribution in [0.25, 0.3) is 16.6 Å². The maximum Gasteiger partial charge on any atom is 0.333 e. The second kappa shape index (κ2) is 6.57. The van der Waals surface area contributed by atoms with Crippen molar-refractivity contribution in [2.45, 2.75) is 26.2 Å². The summed E-state index contributed by atoms with van der Waals surface area (Å²) in [6, 6.07) is 11.0. The van der Waals surface area contributed by atoms with Crippen molar-refractivity contribution in [3.8, 4) is 5.69 Å². The van der Waals surface area contributed by atoms with Crippen LogP contribution in [0.2, 0.25) is 5.02 Å². The van der Waals surface area contributed by atoms with E-state index in [1.807, 2.05) is 24.3 Å². The first kappa shape index (κ1) is 17.0. The number of H-pyrrole nitrogens is 1. The average molecular weight is 408 g/mol. The van der Waals surface area contributed by atoms with E-state index in [-0.39, 0.29) is 5.92 Å². The summed E-state index contributed by atoms with van der Waals surface area (Å²) < 4.78 is 2.18. The lowest BCUT2D eigenvalue weighted by Gasteiger charge is -2.18. The number of rotatable bonds is 3. The molecule has 0 aliphatic rings. The van der Waals surface area contributed by atoms with Gasteiger partial charge in [0.05, 0.1) is 21.6 Å². The van der Waals surface area contributed by atoms with Crippen LogP contribution in [0.5, 0.6) is 0 Å². The summed E-state index contributed by atoms with van der Waals surface area (Å²) in [7, 11) is 0. The molecule has 0 fully saturated rings. The zero-order valence-electron chi connectivity index (χ0n) is 13.3. The molecule has 0 spiro atoms. The van der Waals surface area contributed by atoms with Crippen molar-refractivity contribution in [1.29, 1.82) is 0 Å². The lowest BCUT2D eigenvalue weighted by Crippen LogP contribution is -2.30. The van der Waals surface area contributed by atoms with E-state index in [4.69, 9.17) is 11.6 Å². The highest BCUT2D eigenvalue weighted by atomic mass is 79.9. The third-order valence-corrected chi connectivity index (χ3v) is 5.47. The number of para-hydroxylation sites is 1. The van der Waals surface area contributed by atoms with Crippen LogP contribution >= 0.6 is 27.5 Å². The Morgan fingerprint density at radius 2 is 1.96 bits per heavy atom. The molecule has 24 heavy (non-hydrogen) atoms. The van der Waals surface area contributed by atoms with Gasteiger partial charge in [0.2, 0.25) is 0 Å². The molecule has 0 saturated heterocycles. The van der Waals surface area contributed by atoms with E-state index in [1.54, 1.807) is 16.7 Å². The number of hydrogen-bond donors (Lipinski definition) is 1. The van der Waals surface area contributed by atoms with E-state index >= 15 is 0 Å². The Labute approximate surface area is 152 Å². The first-order valence-corrected chi connectivity index (χ1v) is 8.84. The van der Waals surface area contributed by atoms with Crippen LogP contribution in [0.15, 0.2) is 50.5 Å². The summed E-state index contributed by atoms with van der Waals surface area (Å²) in [4.78, 5) is 27.1. The fourth-order valence-electron chi connectivity index (χ4n) is 2.80. The first-order chi connectivity index (χ1) is 11.4. The SMILES string of the molecule is CCC(C)c1ccccc1-n1c(=O)[nH]c(=O)c2cc(Cl)c(Br)cc21. The molecule has 0 aliphatic heterocycles. The van der Waals surface area contributed by atoms with Crippen molar-refractivity contribution in [3.05, 3.63) is 72.3 Å². The molecule has 2 aromatic carbocycles. The zero-order chi connectivity index (χ0) is 17.4. The van der Waals surface area contributed by atoms with Gasteiger partial charge in [-0.3, -0.25) is 14.3 Å². The molecule has 1 N–H and O–H groups in total. The van der Waals surface area contributed by atoms with Gasteiger partial charge in [0, 0.05) is 4.47 Å². The van der Waals surface area contributed by atoms with Gasteiger partial charge in [0.1, 0.15) is 0 Å². The Morgan fingerprint density at radius 3 is 2.67 bits per heavy atom. The van der Waals surface area contributed by atoms with Crippen molar-refractivity contribution >= 4 is 38.4 Å². The molecule has 4 nitrogen and oxygen atoms in total. The van der Waals surface area contributed by atoms with Gasteiger partial charge in [-0.1, -0.05) is 43.6 Å². The minimum Gasteiger partial charge on any atom is -0.273 e. The number of hydrogen-bond acceptors (Lipinski definition) is 2. The molecule has 1 heterocycles. The van der Waals surface area contributed by atoms with Gasteiger partial charge in [-0.25, -0.2) is 4.79 Å². The van der Waals surface area contributed by atoms with E-state index in [2.05, 4.69) is 34.8 Å². The molecule has 3 rings (SSSR count). The Balaban J connectivity index is 2.46.